The summed E-state index contributed by atoms with van der Waals surface area (Å²) in [4.78, 5) is 18.1. The highest BCUT2D eigenvalue weighted by atomic mass is 35.5. The quantitative estimate of drug-likeness (QED) is 0.673. The molecule has 2 aromatic carbocycles. The van der Waals surface area contributed by atoms with Crippen LogP contribution in [0.3, 0.4) is 0 Å². The van der Waals surface area contributed by atoms with Crippen LogP contribution in [0.25, 0.3) is 0 Å². The van der Waals surface area contributed by atoms with Gasteiger partial charge < -0.3 is 14.5 Å². The Morgan fingerprint density at radius 2 is 1.72 bits per heavy atom. The fourth-order valence-electron chi connectivity index (χ4n) is 4.18. The van der Waals surface area contributed by atoms with Crippen LogP contribution in [0.2, 0.25) is 5.02 Å². The number of benzene rings is 2. The molecule has 29 heavy (non-hydrogen) atoms. The van der Waals surface area contributed by atoms with Crippen molar-refractivity contribution >= 4 is 17.5 Å². The Morgan fingerprint density at radius 3 is 2.48 bits per heavy atom. The minimum atomic E-state index is -0.696. The lowest BCUT2D eigenvalue weighted by atomic mass is 10.0. The normalized spacial score (nSPS) is 21.8. The predicted molar refractivity (Wildman–Crippen MR) is 116 cm³/mol. The number of hydrogen-bond acceptors (Lipinski definition) is 3. The number of carbonyl (C=O) groups excluding carboxylic acids is 1. The second kappa shape index (κ2) is 9.57. The van der Waals surface area contributed by atoms with Crippen LogP contribution in [0.5, 0.6) is 0 Å². The first-order valence-electron chi connectivity index (χ1n) is 10.3. The first-order valence-corrected chi connectivity index (χ1v) is 10.7. The van der Waals surface area contributed by atoms with Gasteiger partial charge in [-0.25, -0.2) is 0 Å². The Morgan fingerprint density at radius 1 is 1.00 bits per heavy atom. The molecule has 0 aromatic heterocycles. The van der Waals surface area contributed by atoms with E-state index < -0.39 is 6.10 Å². The number of amides is 1. The molecule has 0 saturated carbocycles. The maximum atomic E-state index is 13.7. The maximum absolute atomic E-state index is 13.7. The standard InChI is InChI=1S/C24H27ClN2O2/c25-21-13-5-4-12-20(21)23-24(28)27(16-8-9-17-29-23)22(18-26-14-6-7-15-26)19-10-2-1-3-11-19/h1-5,8-13,22-23H,6-7,14-18H2/t22-,23?/m1/s1. The average Bonchev–Trinajstić information content (AvgIpc) is 3.25. The van der Waals surface area contributed by atoms with Crippen molar-refractivity contribution in [3.8, 4) is 0 Å². The van der Waals surface area contributed by atoms with Crippen LogP contribution in [0.1, 0.15) is 36.1 Å². The van der Waals surface area contributed by atoms with E-state index in [0.29, 0.717) is 18.2 Å². The van der Waals surface area contributed by atoms with Crippen molar-refractivity contribution in [3.63, 3.8) is 0 Å². The summed E-state index contributed by atoms with van der Waals surface area (Å²) >= 11 is 6.42. The van der Waals surface area contributed by atoms with Crippen LogP contribution in [-0.2, 0) is 9.53 Å². The van der Waals surface area contributed by atoms with Crippen LogP contribution < -0.4 is 0 Å². The number of hydrogen-bond donors (Lipinski definition) is 0. The molecular formula is C24H27ClN2O2. The zero-order valence-corrected chi connectivity index (χ0v) is 17.3. The van der Waals surface area contributed by atoms with Crippen molar-refractivity contribution in [2.45, 2.75) is 25.0 Å². The molecule has 4 rings (SSSR count). The Bertz CT molecular complexity index is 849. The van der Waals surface area contributed by atoms with Gasteiger partial charge in [0, 0.05) is 23.7 Å². The summed E-state index contributed by atoms with van der Waals surface area (Å²) in [6.07, 6.45) is 5.77. The van der Waals surface area contributed by atoms with Gasteiger partial charge in [0.1, 0.15) is 0 Å². The van der Waals surface area contributed by atoms with Gasteiger partial charge in [0.2, 0.25) is 0 Å². The molecule has 0 aliphatic carbocycles. The number of carbonyl (C=O) groups is 1. The maximum Gasteiger partial charge on any atom is 0.257 e. The number of halogens is 1. The first-order chi connectivity index (χ1) is 14.2. The summed E-state index contributed by atoms with van der Waals surface area (Å²) in [5.41, 5.74) is 1.88. The molecule has 5 heteroatoms. The summed E-state index contributed by atoms with van der Waals surface area (Å²) in [6.45, 7) is 3.98. The van der Waals surface area contributed by atoms with E-state index >= 15 is 0 Å². The summed E-state index contributed by atoms with van der Waals surface area (Å²) in [5.74, 6) is -0.0319. The van der Waals surface area contributed by atoms with E-state index in [2.05, 4.69) is 17.0 Å². The van der Waals surface area contributed by atoms with Crippen molar-refractivity contribution in [3.05, 3.63) is 82.9 Å². The fraction of sp³-hybridized carbons (Fsp3) is 0.375. The zero-order valence-electron chi connectivity index (χ0n) is 16.5. The van der Waals surface area contributed by atoms with Gasteiger partial charge in [-0.1, -0.05) is 72.3 Å². The van der Waals surface area contributed by atoms with Gasteiger partial charge in [-0.3, -0.25) is 4.79 Å². The largest absolute Gasteiger partial charge is 0.359 e. The zero-order chi connectivity index (χ0) is 20.1. The molecule has 2 aliphatic rings. The number of ether oxygens (including phenoxy) is 1. The topological polar surface area (TPSA) is 32.8 Å². The second-order valence-electron chi connectivity index (χ2n) is 7.63. The molecular weight excluding hydrogens is 384 g/mol. The van der Waals surface area contributed by atoms with Gasteiger partial charge in [-0.15, -0.1) is 0 Å². The predicted octanol–water partition coefficient (Wildman–Crippen LogP) is 4.63. The minimum absolute atomic E-state index is 0.0295. The SMILES string of the molecule is O=C1C(c2ccccc2Cl)OCC=CCN1[C@H](CN1CCCC1)c1ccccc1. The lowest BCUT2D eigenvalue weighted by Gasteiger charge is -2.37. The van der Waals surface area contributed by atoms with Gasteiger partial charge in [0.15, 0.2) is 6.10 Å². The third-order valence-electron chi connectivity index (χ3n) is 5.71. The monoisotopic (exact) mass is 410 g/mol. The molecule has 2 aromatic rings. The summed E-state index contributed by atoms with van der Waals surface area (Å²) < 4.78 is 5.97. The smallest absolute Gasteiger partial charge is 0.257 e. The number of rotatable bonds is 5. The van der Waals surface area contributed by atoms with Crippen molar-refractivity contribution < 1.29 is 9.53 Å². The molecule has 1 fully saturated rings. The van der Waals surface area contributed by atoms with Crippen molar-refractivity contribution in [1.29, 1.82) is 0 Å². The van der Waals surface area contributed by atoms with E-state index in [1.165, 1.54) is 12.8 Å². The van der Waals surface area contributed by atoms with Crippen molar-refractivity contribution in [1.82, 2.24) is 9.80 Å². The first kappa shape index (κ1) is 20.1. The summed E-state index contributed by atoms with van der Waals surface area (Å²) in [5, 5.41) is 0.561. The minimum Gasteiger partial charge on any atom is -0.359 e. The molecule has 2 heterocycles. The van der Waals surface area contributed by atoms with Crippen LogP contribution in [0.15, 0.2) is 66.7 Å². The van der Waals surface area contributed by atoms with Gasteiger partial charge in [0.25, 0.3) is 5.91 Å². The molecule has 4 nitrogen and oxygen atoms in total. The highest BCUT2D eigenvalue weighted by molar-refractivity contribution is 6.31. The van der Waals surface area contributed by atoms with Gasteiger partial charge in [-0.05, 0) is 37.6 Å². The fourth-order valence-corrected chi connectivity index (χ4v) is 4.41. The molecule has 0 N–H and O–H groups in total. The van der Waals surface area contributed by atoms with E-state index in [1.807, 2.05) is 59.5 Å². The highest BCUT2D eigenvalue weighted by Crippen LogP contribution is 2.32. The third kappa shape index (κ3) is 4.72. The molecule has 0 radical (unpaired) electrons. The number of nitrogens with zero attached hydrogens (tertiary/aromatic N) is 2. The highest BCUT2D eigenvalue weighted by Gasteiger charge is 2.34. The molecule has 1 amide bonds. The van der Waals surface area contributed by atoms with Crippen LogP contribution in [0, 0.1) is 0 Å². The Kier molecular flexibility index (Phi) is 6.65. The second-order valence-corrected chi connectivity index (χ2v) is 8.04. The molecule has 1 unspecified atom stereocenters. The lowest BCUT2D eigenvalue weighted by Crippen LogP contribution is -2.44. The molecule has 2 atom stereocenters. The average molecular weight is 411 g/mol. The van der Waals surface area contributed by atoms with E-state index in [0.717, 1.165) is 30.8 Å². The van der Waals surface area contributed by atoms with Crippen molar-refractivity contribution in [2.75, 3.05) is 32.8 Å². The molecule has 2 aliphatic heterocycles. The Labute approximate surface area is 177 Å². The van der Waals surface area contributed by atoms with E-state index in [-0.39, 0.29) is 11.9 Å². The van der Waals surface area contributed by atoms with E-state index in [9.17, 15) is 4.79 Å². The van der Waals surface area contributed by atoms with Gasteiger partial charge in [-0.2, -0.15) is 0 Å². The van der Waals surface area contributed by atoms with Crippen LogP contribution in [-0.4, -0.2) is 48.5 Å². The molecule has 0 bridgehead atoms. The summed E-state index contributed by atoms with van der Waals surface area (Å²) in [7, 11) is 0. The van der Waals surface area contributed by atoms with Gasteiger partial charge in [0.05, 0.1) is 12.6 Å². The molecule has 152 valence electrons. The lowest BCUT2D eigenvalue weighted by molar-refractivity contribution is -0.146. The van der Waals surface area contributed by atoms with E-state index in [4.69, 9.17) is 16.3 Å². The van der Waals surface area contributed by atoms with E-state index in [1.54, 1.807) is 0 Å². The van der Waals surface area contributed by atoms with Gasteiger partial charge >= 0.3 is 0 Å². The Hall–Kier alpha value is -2.14. The summed E-state index contributed by atoms with van der Waals surface area (Å²) in [6, 6.07) is 17.8. The van der Waals surface area contributed by atoms with Crippen LogP contribution >= 0.6 is 11.6 Å². The van der Waals surface area contributed by atoms with Crippen LogP contribution in [0.4, 0.5) is 0 Å². The Balaban J connectivity index is 1.68. The third-order valence-corrected chi connectivity index (χ3v) is 6.06. The van der Waals surface area contributed by atoms with Crippen molar-refractivity contribution in [2.24, 2.45) is 0 Å². The number of likely N-dealkylation sites (tertiary alicyclic amines) is 1. The molecule has 1 saturated heterocycles. The molecule has 0 spiro atoms.